The van der Waals surface area contributed by atoms with Crippen molar-refractivity contribution in [1.29, 1.82) is 0 Å². The lowest BCUT2D eigenvalue weighted by Crippen LogP contribution is -2.38. The van der Waals surface area contributed by atoms with E-state index in [9.17, 15) is 17.6 Å². The van der Waals surface area contributed by atoms with E-state index in [-0.39, 0.29) is 24.1 Å². The second-order valence-electron chi connectivity index (χ2n) is 4.90. The van der Waals surface area contributed by atoms with Crippen LogP contribution in [0.2, 0.25) is 0 Å². The minimum Gasteiger partial charge on any atom is -0.396 e. The van der Waals surface area contributed by atoms with E-state index in [2.05, 4.69) is 10.0 Å². The molecule has 0 heterocycles. The summed E-state index contributed by atoms with van der Waals surface area (Å²) >= 11 is 0. The van der Waals surface area contributed by atoms with Gasteiger partial charge in [0.2, 0.25) is 15.9 Å². The number of hydrogen-bond acceptors (Lipinski definition) is 4. The van der Waals surface area contributed by atoms with E-state index >= 15 is 0 Å². The van der Waals surface area contributed by atoms with Gasteiger partial charge in [0, 0.05) is 25.3 Å². The molecule has 0 saturated heterocycles. The first-order chi connectivity index (χ1) is 9.67. The summed E-state index contributed by atoms with van der Waals surface area (Å²) in [7, 11) is -4.04. The van der Waals surface area contributed by atoms with E-state index in [0.29, 0.717) is 0 Å². The standard InChI is InChI=1S/C13H19FN2O4S/c1-8(7-17)9(2)16-21(19,20)13-5-4-11(6-12(13)14)15-10(3)18/h4-6,8-9,16-17H,7H2,1-3H3,(H,15,18). The number of anilines is 1. The first-order valence-corrected chi connectivity index (χ1v) is 7.86. The third-order valence-corrected chi connectivity index (χ3v) is 4.62. The van der Waals surface area contributed by atoms with Crippen molar-refractivity contribution in [3.8, 4) is 0 Å². The van der Waals surface area contributed by atoms with Crippen LogP contribution < -0.4 is 10.0 Å². The molecule has 3 N–H and O–H groups in total. The van der Waals surface area contributed by atoms with Crippen LogP contribution in [0.15, 0.2) is 23.1 Å². The second-order valence-corrected chi connectivity index (χ2v) is 6.58. The molecule has 0 aliphatic heterocycles. The van der Waals surface area contributed by atoms with E-state index in [4.69, 9.17) is 5.11 Å². The lowest BCUT2D eigenvalue weighted by atomic mass is 10.1. The van der Waals surface area contributed by atoms with Gasteiger partial charge < -0.3 is 10.4 Å². The van der Waals surface area contributed by atoms with Gasteiger partial charge in [0.15, 0.2) is 0 Å². The Morgan fingerprint density at radius 3 is 2.48 bits per heavy atom. The van der Waals surface area contributed by atoms with Crippen LogP contribution in [0.1, 0.15) is 20.8 Å². The smallest absolute Gasteiger partial charge is 0.243 e. The number of sulfonamides is 1. The summed E-state index contributed by atoms with van der Waals surface area (Å²) in [5.41, 5.74) is 0.177. The van der Waals surface area contributed by atoms with Gasteiger partial charge in [-0.05, 0) is 31.0 Å². The van der Waals surface area contributed by atoms with E-state index in [1.54, 1.807) is 13.8 Å². The molecule has 0 aliphatic carbocycles. The third kappa shape index (κ3) is 4.76. The number of carbonyl (C=O) groups excluding carboxylic acids is 1. The topological polar surface area (TPSA) is 95.5 Å². The number of rotatable bonds is 6. The molecule has 0 bridgehead atoms. The Kier molecular flexibility index (Phi) is 5.82. The van der Waals surface area contributed by atoms with Gasteiger partial charge in [0.05, 0.1) is 0 Å². The highest BCUT2D eigenvalue weighted by atomic mass is 32.2. The zero-order chi connectivity index (χ0) is 16.2. The maximum Gasteiger partial charge on any atom is 0.243 e. The van der Waals surface area contributed by atoms with Crippen LogP contribution in [0.5, 0.6) is 0 Å². The molecule has 0 aromatic heterocycles. The molecule has 2 atom stereocenters. The van der Waals surface area contributed by atoms with E-state index in [1.807, 2.05) is 0 Å². The van der Waals surface area contributed by atoms with Gasteiger partial charge in [-0.1, -0.05) is 6.92 Å². The Bertz CT molecular complexity index is 619. The molecule has 0 fully saturated rings. The number of aliphatic hydroxyl groups is 1. The van der Waals surface area contributed by atoms with E-state index in [0.717, 1.165) is 12.1 Å². The van der Waals surface area contributed by atoms with Gasteiger partial charge in [0.1, 0.15) is 10.7 Å². The maximum absolute atomic E-state index is 13.9. The average molecular weight is 318 g/mol. The van der Waals surface area contributed by atoms with Gasteiger partial charge in [-0.2, -0.15) is 0 Å². The lowest BCUT2D eigenvalue weighted by Gasteiger charge is -2.19. The van der Waals surface area contributed by atoms with Crippen molar-refractivity contribution in [1.82, 2.24) is 4.72 Å². The number of benzene rings is 1. The zero-order valence-corrected chi connectivity index (χ0v) is 12.9. The highest BCUT2D eigenvalue weighted by Crippen LogP contribution is 2.20. The Labute approximate surface area is 123 Å². The molecular formula is C13H19FN2O4S. The number of hydrogen-bond donors (Lipinski definition) is 3. The molecule has 1 amide bonds. The monoisotopic (exact) mass is 318 g/mol. The van der Waals surface area contributed by atoms with Crippen LogP contribution in [-0.2, 0) is 14.8 Å². The van der Waals surface area contributed by atoms with Gasteiger partial charge in [-0.3, -0.25) is 4.79 Å². The summed E-state index contributed by atoms with van der Waals surface area (Å²) in [6.45, 7) is 4.33. The van der Waals surface area contributed by atoms with E-state index < -0.39 is 26.8 Å². The molecule has 118 valence electrons. The Morgan fingerprint density at radius 1 is 1.38 bits per heavy atom. The Morgan fingerprint density at radius 2 is 2.00 bits per heavy atom. The highest BCUT2D eigenvalue weighted by Gasteiger charge is 2.24. The lowest BCUT2D eigenvalue weighted by molar-refractivity contribution is -0.114. The molecule has 6 nitrogen and oxygen atoms in total. The summed E-state index contributed by atoms with van der Waals surface area (Å²) in [6.07, 6.45) is 0. The number of nitrogens with one attached hydrogen (secondary N) is 2. The predicted molar refractivity (Wildman–Crippen MR) is 76.7 cm³/mol. The minimum absolute atomic E-state index is 0.177. The maximum atomic E-state index is 13.9. The van der Waals surface area contributed by atoms with Crippen molar-refractivity contribution in [2.24, 2.45) is 5.92 Å². The highest BCUT2D eigenvalue weighted by molar-refractivity contribution is 7.89. The summed E-state index contributed by atoms with van der Waals surface area (Å²) in [5.74, 6) is -1.65. The first-order valence-electron chi connectivity index (χ1n) is 6.37. The molecule has 2 unspecified atom stereocenters. The number of amides is 1. The molecule has 1 aromatic carbocycles. The van der Waals surface area contributed by atoms with Crippen molar-refractivity contribution in [2.75, 3.05) is 11.9 Å². The van der Waals surface area contributed by atoms with Crippen LogP contribution >= 0.6 is 0 Å². The van der Waals surface area contributed by atoms with Gasteiger partial charge in [-0.15, -0.1) is 0 Å². The Hall–Kier alpha value is -1.51. The molecule has 0 aliphatic rings. The largest absolute Gasteiger partial charge is 0.396 e. The molecule has 0 radical (unpaired) electrons. The predicted octanol–water partition coefficient (Wildman–Crippen LogP) is 1.08. The summed E-state index contributed by atoms with van der Waals surface area (Å²) in [6, 6.07) is 2.78. The van der Waals surface area contributed by atoms with Gasteiger partial charge in [-0.25, -0.2) is 17.5 Å². The van der Waals surface area contributed by atoms with Crippen LogP contribution in [0.25, 0.3) is 0 Å². The zero-order valence-electron chi connectivity index (χ0n) is 12.1. The summed E-state index contributed by atoms with van der Waals surface area (Å²) in [4.78, 5) is 10.4. The SMILES string of the molecule is CC(=O)Nc1ccc(S(=O)(=O)NC(C)C(C)CO)c(F)c1. The summed E-state index contributed by atoms with van der Waals surface area (Å²) in [5, 5.41) is 11.4. The molecular weight excluding hydrogens is 299 g/mol. The fourth-order valence-corrected chi connectivity index (χ4v) is 2.99. The van der Waals surface area contributed by atoms with E-state index in [1.165, 1.54) is 13.0 Å². The minimum atomic E-state index is -4.04. The fraction of sp³-hybridized carbons (Fsp3) is 0.462. The molecule has 21 heavy (non-hydrogen) atoms. The number of halogens is 1. The van der Waals surface area contributed by atoms with Crippen molar-refractivity contribution >= 4 is 21.6 Å². The number of aliphatic hydroxyl groups excluding tert-OH is 1. The van der Waals surface area contributed by atoms with Crippen molar-refractivity contribution < 1.29 is 22.7 Å². The number of carbonyl (C=O) groups is 1. The van der Waals surface area contributed by atoms with Crippen LogP contribution in [0, 0.1) is 11.7 Å². The molecule has 0 spiro atoms. The van der Waals surface area contributed by atoms with Crippen molar-refractivity contribution in [2.45, 2.75) is 31.7 Å². The second kappa shape index (κ2) is 6.97. The fourth-order valence-electron chi connectivity index (χ4n) is 1.58. The molecule has 8 heteroatoms. The van der Waals surface area contributed by atoms with Crippen molar-refractivity contribution in [3.63, 3.8) is 0 Å². The van der Waals surface area contributed by atoms with Crippen LogP contribution in [0.3, 0.4) is 0 Å². The molecule has 0 saturated carbocycles. The first kappa shape index (κ1) is 17.5. The van der Waals surface area contributed by atoms with Crippen LogP contribution in [0.4, 0.5) is 10.1 Å². The third-order valence-electron chi connectivity index (χ3n) is 3.02. The van der Waals surface area contributed by atoms with Crippen molar-refractivity contribution in [3.05, 3.63) is 24.0 Å². The summed E-state index contributed by atoms with van der Waals surface area (Å²) < 4.78 is 40.4. The molecule has 1 aromatic rings. The molecule has 1 rings (SSSR count). The quantitative estimate of drug-likeness (QED) is 0.731. The normalized spacial score (nSPS) is 14.5. The average Bonchev–Trinajstić information content (AvgIpc) is 2.36. The van der Waals surface area contributed by atoms with Crippen LogP contribution in [-0.4, -0.2) is 32.1 Å². The Balaban J connectivity index is 3.01. The van der Waals surface area contributed by atoms with Gasteiger partial charge >= 0.3 is 0 Å². The van der Waals surface area contributed by atoms with Gasteiger partial charge in [0.25, 0.3) is 0 Å².